The lowest BCUT2D eigenvalue weighted by Gasteiger charge is -2.44. The quantitative estimate of drug-likeness (QED) is 0.634. The van der Waals surface area contributed by atoms with Crippen molar-refractivity contribution < 1.29 is 19.1 Å². The maximum Gasteiger partial charge on any atom is 0.251 e. The van der Waals surface area contributed by atoms with Crippen LogP contribution in [0.2, 0.25) is 0 Å². The number of benzene rings is 2. The lowest BCUT2D eigenvalue weighted by Crippen LogP contribution is -2.51. The average molecular weight is 462 g/mol. The molecule has 178 valence electrons. The van der Waals surface area contributed by atoms with Crippen molar-refractivity contribution in [2.24, 2.45) is 5.92 Å². The number of ether oxygens (including phenoxy) is 2. The Morgan fingerprint density at radius 3 is 2.82 bits per heavy atom. The summed E-state index contributed by atoms with van der Waals surface area (Å²) < 4.78 is 10.7. The monoisotopic (exact) mass is 461 g/mol. The highest BCUT2D eigenvalue weighted by molar-refractivity contribution is 6.03. The van der Waals surface area contributed by atoms with E-state index in [1.54, 1.807) is 30.3 Å². The molecule has 2 N–H and O–H groups in total. The first-order valence-corrected chi connectivity index (χ1v) is 12.2. The van der Waals surface area contributed by atoms with Crippen molar-refractivity contribution in [1.29, 1.82) is 0 Å². The molecular formula is C27H31N3O4. The first-order valence-electron chi connectivity index (χ1n) is 12.2. The molecule has 3 heterocycles. The molecule has 0 saturated carbocycles. The number of piperidine rings is 2. The first-order chi connectivity index (χ1) is 16.7. The number of nitrogens with one attached hydrogen (secondary N) is 2. The normalized spacial score (nSPS) is 21.8. The fourth-order valence-electron chi connectivity index (χ4n) is 5.25. The molecule has 0 bridgehead atoms. The van der Waals surface area contributed by atoms with Crippen LogP contribution in [0.25, 0.3) is 6.08 Å². The molecule has 2 amide bonds. The average Bonchev–Trinajstić information content (AvgIpc) is 3.34. The fourth-order valence-corrected chi connectivity index (χ4v) is 5.25. The van der Waals surface area contributed by atoms with Crippen molar-refractivity contribution in [3.05, 3.63) is 59.7 Å². The maximum absolute atomic E-state index is 12.8. The Kier molecular flexibility index (Phi) is 6.81. The summed E-state index contributed by atoms with van der Waals surface area (Å²) in [6.07, 6.45) is 9.37. The number of rotatable bonds is 6. The summed E-state index contributed by atoms with van der Waals surface area (Å²) in [7, 11) is 0. The highest BCUT2D eigenvalue weighted by Crippen LogP contribution is 2.33. The van der Waals surface area contributed by atoms with Crippen molar-refractivity contribution in [2.75, 3.05) is 31.7 Å². The van der Waals surface area contributed by atoms with E-state index in [4.69, 9.17) is 9.47 Å². The second-order valence-electron chi connectivity index (χ2n) is 9.23. The number of carbonyl (C=O) groups excluding carboxylic acids is 2. The maximum atomic E-state index is 12.8. The van der Waals surface area contributed by atoms with Gasteiger partial charge in [-0.2, -0.15) is 0 Å². The number of hydrogen-bond acceptors (Lipinski definition) is 5. The van der Waals surface area contributed by atoms with Gasteiger partial charge in [-0.3, -0.25) is 9.59 Å². The summed E-state index contributed by atoms with van der Waals surface area (Å²) >= 11 is 0. The van der Waals surface area contributed by atoms with E-state index < -0.39 is 0 Å². The number of anilines is 1. The molecule has 2 aromatic carbocycles. The van der Waals surface area contributed by atoms with Crippen LogP contribution in [-0.4, -0.2) is 49.2 Å². The molecule has 7 heteroatoms. The predicted molar refractivity (Wildman–Crippen MR) is 131 cm³/mol. The van der Waals surface area contributed by atoms with Crippen LogP contribution in [0.3, 0.4) is 0 Å². The van der Waals surface area contributed by atoms with Crippen molar-refractivity contribution in [3.8, 4) is 11.5 Å². The Bertz CT molecular complexity index is 1080. The predicted octanol–water partition coefficient (Wildman–Crippen LogP) is 4.06. The van der Waals surface area contributed by atoms with Crippen LogP contribution in [-0.2, 0) is 4.79 Å². The minimum atomic E-state index is -0.269. The SMILES string of the molecule is O=C(C=Cc1ccc2c(c1)OCO2)Nc1cccc(C(=O)NCC2CCCN3CCCCC23)c1. The number of carbonyl (C=O) groups is 2. The molecule has 5 rings (SSSR count). The first kappa shape index (κ1) is 22.5. The van der Waals surface area contributed by atoms with E-state index in [1.807, 2.05) is 18.2 Å². The van der Waals surface area contributed by atoms with Crippen LogP contribution in [0, 0.1) is 5.92 Å². The van der Waals surface area contributed by atoms with Crippen LogP contribution in [0.15, 0.2) is 48.5 Å². The Balaban J connectivity index is 1.15. The van der Waals surface area contributed by atoms with E-state index >= 15 is 0 Å². The summed E-state index contributed by atoms with van der Waals surface area (Å²) in [4.78, 5) is 27.8. The summed E-state index contributed by atoms with van der Waals surface area (Å²) in [5.74, 6) is 1.53. The molecule has 2 atom stereocenters. The molecular weight excluding hydrogens is 430 g/mol. The Morgan fingerprint density at radius 1 is 1.00 bits per heavy atom. The molecule has 0 radical (unpaired) electrons. The van der Waals surface area contributed by atoms with Gasteiger partial charge in [0, 0.05) is 29.9 Å². The molecule has 0 aromatic heterocycles. The zero-order chi connectivity index (χ0) is 23.3. The van der Waals surface area contributed by atoms with Crippen molar-refractivity contribution in [3.63, 3.8) is 0 Å². The number of fused-ring (bicyclic) bond motifs is 2. The number of amides is 2. The van der Waals surface area contributed by atoms with Gasteiger partial charge in [-0.15, -0.1) is 0 Å². The van der Waals surface area contributed by atoms with Crippen LogP contribution in [0.5, 0.6) is 11.5 Å². The fraction of sp³-hybridized carbons (Fsp3) is 0.407. The van der Waals surface area contributed by atoms with E-state index in [1.165, 1.54) is 51.3 Å². The number of hydrogen-bond donors (Lipinski definition) is 2. The highest BCUT2D eigenvalue weighted by atomic mass is 16.7. The summed E-state index contributed by atoms with van der Waals surface area (Å²) in [5.41, 5.74) is 1.98. The van der Waals surface area contributed by atoms with Gasteiger partial charge < -0.3 is 25.0 Å². The van der Waals surface area contributed by atoms with Gasteiger partial charge in [0.25, 0.3) is 5.91 Å². The Morgan fingerprint density at radius 2 is 1.88 bits per heavy atom. The molecule has 7 nitrogen and oxygen atoms in total. The largest absolute Gasteiger partial charge is 0.454 e. The van der Waals surface area contributed by atoms with Crippen molar-refractivity contribution >= 4 is 23.6 Å². The molecule has 34 heavy (non-hydrogen) atoms. The van der Waals surface area contributed by atoms with Crippen LogP contribution < -0.4 is 20.1 Å². The summed E-state index contributed by atoms with van der Waals surface area (Å²) in [6, 6.07) is 13.2. The van der Waals surface area contributed by atoms with Crippen LogP contribution in [0.4, 0.5) is 5.69 Å². The zero-order valence-electron chi connectivity index (χ0n) is 19.3. The highest BCUT2D eigenvalue weighted by Gasteiger charge is 2.32. The van der Waals surface area contributed by atoms with E-state index in [0.717, 1.165) is 5.56 Å². The molecule has 3 aliphatic heterocycles. The molecule has 2 unspecified atom stereocenters. The number of nitrogens with zero attached hydrogens (tertiary/aromatic N) is 1. The molecule has 0 spiro atoms. The van der Waals surface area contributed by atoms with E-state index in [-0.39, 0.29) is 18.6 Å². The molecule has 3 aliphatic rings. The van der Waals surface area contributed by atoms with Gasteiger partial charge in [-0.25, -0.2) is 0 Å². The van der Waals surface area contributed by atoms with E-state index in [0.29, 0.717) is 41.3 Å². The minimum Gasteiger partial charge on any atom is -0.454 e. The van der Waals surface area contributed by atoms with Gasteiger partial charge in [-0.1, -0.05) is 18.6 Å². The third-order valence-electron chi connectivity index (χ3n) is 6.97. The van der Waals surface area contributed by atoms with Crippen molar-refractivity contribution in [1.82, 2.24) is 10.2 Å². The van der Waals surface area contributed by atoms with E-state index in [2.05, 4.69) is 15.5 Å². The van der Waals surface area contributed by atoms with Gasteiger partial charge in [0.05, 0.1) is 0 Å². The van der Waals surface area contributed by atoms with Gasteiger partial charge in [0.1, 0.15) is 0 Å². The topological polar surface area (TPSA) is 79.9 Å². The molecule has 2 fully saturated rings. The second-order valence-corrected chi connectivity index (χ2v) is 9.23. The zero-order valence-corrected chi connectivity index (χ0v) is 19.3. The molecule has 2 aromatic rings. The lowest BCUT2D eigenvalue weighted by molar-refractivity contribution is -0.111. The third-order valence-corrected chi connectivity index (χ3v) is 6.97. The minimum absolute atomic E-state index is 0.0973. The summed E-state index contributed by atoms with van der Waals surface area (Å²) in [6.45, 7) is 3.31. The summed E-state index contributed by atoms with van der Waals surface area (Å²) in [5, 5.41) is 5.97. The van der Waals surface area contributed by atoms with Crippen LogP contribution in [0.1, 0.15) is 48.0 Å². The molecule has 2 saturated heterocycles. The van der Waals surface area contributed by atoms with Gasteiger partial charge in [-0.05, 0) is 86.7 Å². The van der Waals surface area contributed by atoms with E-state index in [9.17, 15) is 9.59 Å². The van der Waals surface area contributed by atoms with Gasteiger partial charge >= 0.3 is 0 Å². The third kappa shape index (κ3) is 5.25. The smallest absolute Gasteiger partial charge is 0.251 e. The van der Waals surface area contributed by atoms with Crippen molar-refractivity contribution in [2.45, 2.75) is 38.1 Å². The Labute approximate surface area is 200 Å². The van der Waals surface area contributed by atoms with Crippen LogP contribution >= 0.6 is 0 Å². The lowest BCUT2D eigenvalue weighted by atomic mass is 9.83. The van der Waals surface area contributed by atoms with Gasteiger partial charge in [0.2, 0.25) is 12.7 Å². The Hall–Kier alpha value is -3.32. The standard InChI is InChI=1S/C27H31N3O4/c31-26(12-10-19-9-11-24-25(15-19)34-18-33-24)29-22-7-3-5-20(16-22)27(32)28-17-21-6-4-14-30-13-2-1-8-23(21)30/h3,5,7,9-12,15-16,21,23H,1-2,4,6,8,13-14,17-18H2,(H,28,32)(H,29,31). The van der Waals surface area contributed by atoms with Gasteiger partial charge in [0.15, 0.2) is 11.5 Å². The second kappa shape index (κ2) is 10.3. The molecule has 0 aliphatic carbocycles.